The first-order valence-electron chi connectivity index (χ1n) is 7.18. The molecule has 0 unspecified atom stereocenters. The Kier molecular flexibility index (Phi) is 5.81. The first kappa shape index (κ1) is 17.7. The minimum Gasteiger partial charge on any atom is -0.313 e. The molecule has 0 aliphatic rings. The molecule has 2 aromatic carbocycles. The van der Waals surface area contributed by atoms with Crippen LogP contribution in [-0.2, 0) is 10.5 Å². The van der Waals surface area contributed by atoms with Crippen LogP contribution in [0.15, 0.2) is 46.9 Å². The van der Waals surface area contributed by atoms with E-state index in [1.165, 1.54) is 4.70 Å². The molecule has 1 amide bonds. The van der Waals surface area contributed by atoms with Gasteiger partial charge in [0.1, 0.15) is 5.01 Å². The van der Waals surface area contributed by atoms with E-state index in [0.29, 0.717) is 16.5 Å². The molecule has 3 aromatic rings. The van der Waals surface area contributed by atoms with Crippen LogP contribution in [0.4, 0.5) is 5.69 Å². The molecule has 0 bridgehead atoms. The van der Waals surface area contributed by atoms with Crippen LogP contribution in [0.25, 0.3) is 10.2 Å². The molecule has 0 aliphatic heterocycles. The van der Waals surface area contributed by atoms with Crippen molar-refractivity contribution < 1.29 is 4.79 Å². The van der Waals surface area contributed by atoms with Crippen LogP contribution in [-0.4, -0.2) is 23.7 Å². The van der Waals surface area contributed by atoms with Crippen molar-refractivity contribution in [1.82, 2.24) is 4.98 Å². The Morgan fingerprint density at radius 3 is 2.88 bits per heavy atom. The molecule has 0 aliphatic carbocycles. The van der Waals surface area contributed by atoms with Crippen LogP contribution in [0.2, 0.25) is 5.02 Å². The molecule has 1 aromatic heterocycles. The van der Waals surface area contributed by atoms with Crippen molar-refractivity contribution in [1.29, 1.82) is 0 Å². The van der Waals surface area contributed by atoms with Gasteiger partial charge >= 0.3 is 0 Å². The maximum Gasteiger partial charge on any atom is 0.236 e. The zero-order valence-electron chi connectivity index (χ0n) is 12.8. The third kappa shape index (κ3) is 4.11. The molecule has 0 saturated heterocycles. The fourth-order valence-corrected chi connectivity index (χ4v) is 4.95. The molecule has 0 fully saturated rings. The van der Waals surface area contributed by atoms with Gasteiger partial charge in [0.15, 0.2) is 0 Å². The number of carbonyl (C=O) groups is 1. The topological polar surface area (TPSA) is 33.2 Å². The SMILES string of the molecule is CN(C(=O)CSCc1nc2ccccc2s1)c1ccc(Br)cc1Cl. The maximum atomic E-state index is 12.4. The second-order valence-corrected chi connectivity index (χ2v) is 8.54. The number of fused-ring (bicyclic) bond motifs is 1. The number of rotatable bonds is 5. The minimum atomic E-state index is 0.0188. The normalized spacial score (nSPS) is 11.0. The number of thiazole rings is 1. The van der Waals surface area contributed by atoms with E-state index < -0.39 is 0 Å². The first-order valence-corrected chi connectivity index (χ1v) is 10.3. The number of para-hydroxylation sites is 1. The van der Waals surface area contributed by atoms with Crippen LogP contribution in [0, 0.1) is 0 Å². The third-order valence-corrected chi connectivity index (χ3v) is 6.38. The minimum absolute atomic E-state index is 0.0188. The van der Waals surface area contributed by atoms with E-state index in [4.69, 9.17) is 11.6 Å². The summed E-state index contributed by atoms with van der Waals surface area (Å²) in [6.45, 7) is 0. The monoisotopic (exact) mass is 440 g/mol. The van der Waals surface area contributed by atoms with Crippen molar-refractivity contribution in [2.45, 2.75) is 5.75 Å². The van der Waals surface area contributed by atoms with Crippen molar-refractivity contribution in [3.63, 3.8) is 0 Å². The van der Waals surface area contributed by atoms with Gasteiger partial charge in [-0.3, -0.25) is 4.79 Å². The molecule has 7 heteroatoms. The summed E-state index contributed by atoms with van der Waals surface area (Å²) in [5.74, 6) is 1.14. The maximum absolute atomic E-state index is 12.4. The molecule has 0 atom stereocenters. The zero-order chi connectivity index (χ0) is 17.1. The van der Waals surface area contributed by atoms with Gasteiger partial charge in [-0.15, -0.1) is 23.1 Å². The summed E-state index contributed by atoms with van der Waals surface area (Å²) in [6, 6.07) is 13.6. The molecule has 0 N–H and O–H groups in total. The predicted octanol–water partition coefficient (Wildman–Crippen LogP) is 5.61. The van der Waals surface area contributed by atoms with E-state index in [9.17, 15) is 4.79 Å². The standard InChI is InChI=1S/C17H14BrClN2OS2/c1-21(14-7-6-11(18)8-12(14)19)17(22)10-23-9-16-20-13-4-2-3-5-15(13)24-16/h2-8H,9-10H2,1H3. The second-order valence-electron chi connectivity index (χ2n) is 5.12. The number of aromatic nitrogens is 1. The highest BCUT2D eigenvalue weighted by atomic mass is 79.9. The highest BCUT2D eigenvalue weighted by molar-refractivity contribution is 9.10. The summed E-state index contributed by atoms with van der Waals surface area (Å²) >= 11 is 12.8. The summed E-state index contributed by atoms with van der Waals surface area (Å²) < 4.78 is 2.07. The lowest BCUT2D eigenvalue weighted by Crippen LogP contribution is -2.28. The Bertz CT molecular complexity index is 851. The Hall–Kier alpha value is -1.08. The number of carbonyl (C=O) groups excluding carboxylic acids is 1. The number of nitrogens with zero attached hydrogens (tertiary/aromatic N) is 2. The number of thioether (sulfide) groups is 1. The van der Waals surface area contributed by atoms with Crippen molar-refractivity contribution >= 4 is 72.4 Å². The summed E-state index contributed by atoms with van der Waals surface area (Å²) in [4.78, 5) is 18.5. The molecule has 3 rings (SSSR count). The predicted molar refractivity (Wildman–Crippen MR) is 108 cm³/mol. The van der Waals surface area contributed by atoms with E-state index in [0.717, 1.165) is 20.7 Å². The van der Waals surface area contributed by atoms with E-state index in [1.807, 2.05) is 30.3 Å². The van der Waals surface area contributed by atoms with Gasteiger partial charge in [-0.25, -0.2) is 4.98 Å². The van der Waals surface area contributed by atoms with Gasteiger partial charge in [0, 0.05) is 17.3 Å². The average molecular weight is 442 g/mol. The molecule has 0 spiro atoms. The van der Waals surface area contributed by atoms with Gasteiger partial charge in [-0.1, -0.05) is 39.7 Å². The van der Waals surface area contributed by atoms with Crippen LogP contribution in [0.3, 0.4) is 0 Å². The third-order valence-electron chi connectivity index (χ3n) is 3.43. The zero-order valence-corrected chi connectivity index (χ0v) is 16.8. The van der Waals surface area contributed by atoms with Gasteiger partial charge in [0.05, 0.1) is 26.7 Å². The summed E-state index contributed by atoms with van der Waals surface area (Å²) in [7, 11) is 1.75. The van der Waals surface area contributed by atoms with Crippen molar-refractivity contribution in [2.75, 3.05) is 17.7 Å². The van der Waals surface area contributed by atoms with Gasteiger partial charge in [0.25, 0.3) is 0 Å². The Balaban J connectivity index is 1.58. The molecule has 0 radical (unpaired) electrons. The molecule has 1 heterocycles. The Morgan fingerprint density at radius 2 is 2.12 bits per heavy atom. The van der Waals surface area contributed by atoms with E-state index in [1.54, 1.807) is 41.1 Å². The highest BCUT2D eigenvalue weighted by Crippen LogP contribution is 2.29. The van der Waals surface area contributed by atoms with Crippen LogP contribution < -0.4 is 4.90 Å². The number of halogens is 2. The number of benzene rings is 2. The Labute approximate surface area is 162 Å². The van der Waals surface area contributed by atoms with Crippen molar-refractivity contribution in [2.24, 2.45) is 0 Å². The first-order chi connectivity index (χ1) is 11.5. The molecule has 124 valence electrons. The van der Waals surface area contributed by atoms with Gasteiger partial charge in [-0.05, 0) is 30.3 Å². The molecule has 3 nitrogen and oxygen atoms in total. The molecule has 0 saturated carbocycles. The largest absolute Gasteiger partial charge is 0.313 e. The second kappa shape index (κ2) is 7.87. The van der Waals surface area contributed by atoms with E-state index in [-0.39, 0.29) is 5.91 Å². The lowest BCUT2D eigenvalue weighted by molar-refractivity contribution is -0.115. The van der Waals surface area contributed by atoms with Gasteiger partial charge in [-0.2, -0.15) is 0 Å². The number of hydrogen-bond donors (Lipinski definition) is 0. The molecular weight excluding hydrogens is 428 g/mol. The van der Waals surface area contributed by atoms with Crippen molar-refractivity contribution in [3.8, 4) is 0 Å². The fourth-order valence-electron chi connectivity index (χ4n) is 2.19. The summed E-state index contributed by atoms with van der Waals surface area (Å²) in [5.41, 5.74) is 1.73. The lowest BCUT2D eigenvalue weighted by atomic mass is 10.3. The van der Waals surface area contributed by atoms with Gasteiger partial charge in [0.2, 0.25) is 5.91 Å². The summed E-state index contributed by atoms with van der Waals surface area (Å²) in [5, 5.41) is 1.59. The number of anilines is 1. The van der Waals surface area contributed by atoms with Crippen LogP contribution in [0.1, 0.15) is 5.01 Å². The number of amides is 1. The van der Waals surface area contributed by atoms with Crippen LogP contribution in [0.5, 0.6) is 0 Å². The van der Waals surface area contributed by atoms with E-state index in [2.05, 4.69) is 27.0 Å². The summed E-state index contributed by atoms with van der Waals surface area (Å²) in [6.07, 6.45) is 0. The smallest absolute Gasteiger partial charge is 0.236 e. The van der Waals surface area contributed by atoms with Gasteiger partial charge < -0.3 is 4.90 Å². The van der Waals surface area contributed by atoms with Crippen molar-refractivity contribution in [3.05, 3.63) is 57.0 Å². The lowest BCUT2D eigenvalue weighted by Gasteiger charge is -2.18. The Morgan fingerprint density at radius 1 is 1.33 bits per heavy atom. The quantitative estimate of drug-likeness (QED) is 0.516. The molecule has 24 heavy (non-hydrogen) atoms. The number of hydrogen-bond acceptors (Lipinski definition) is 4. The average Bonchev–Trinajstić information content (AvgIpc) is 2.97. The van der Waals surface area contributed by atoms with Crippen LogP contribution >= 0.6 is 50.6 Å². The fraction of sp³-hybridized carbons (Fsp3) is 0.176. The molecular formula is C17H14BrClN2OS2. The van der Waals surface area contributed by atoms with E-state index >= 15 is 0 Å². The highest BCUT2D eigenvalue weighted by Gasteiger charge is 2.14.